The third-order valence-corrected chi connectivity index (χ3v) is 3.77. The molecule has 1 heterocycles. The van der Waals surface area contributed by atoms with E-state index in [-0.39, 0.29) is 0 Å². The van der Waals surface area contributed by atoms with Gasteiger partial charge in [-0.2, -0.15) is 5.10 Å². The van der Waals surface area contributed by atoms with Gasteiger partial charge in [-0.1, -0.05) is 26.2 Å². The fourth-order valence-electron chi connectivity index (χ4n) is 2.39. The number of hydrogen-bond donors (Lipinski definition) is 1. The summed E-state index contributed by atoms with van der Waals surface area (Å²) in [5.74, 6) is 1.38. The van der Waals surface area contributed by atoms with Crippen molar-refractivity contribution in [1.82, 2.24) is 15.2 Å². The number of rotatable bonds is 2. The Morgan fingerprint density at radius 2 is 1.76 bits per heavy atom. The molecule has 1 aromatic heterocycles. The maximum Gasteiger partial charge on any atom is 0.243 e. The molecule has 0 aliphatic heterocycles. The van der Waals surface area contributed by atoms with Gasteiger partial charge in [-0.25, -0.2) is 4.98 Å². The lowest BCUT2D eigenvalue weighted by molar-refractivity contribution is 0.454. The molecule has 1 aromatic rings. The van der Waals surface area contributed by atoms with Gasteiger partial charge in [0.2, 0.25) is 5.95 Å². The Bertz CT molecular complexity index is 378. The van der Waals surface area contributed by atoms with Crippen LogP contribution in [-0.2, 0) is 0 Å². The number of anilines is 1. The van der Waals surface area contributed by atoms with Gasteiger partial charge in [-0.05, 0) is 32.6 Å². The van der Waals surface area contributed by atoms with Gasteiger partial charge in [0, 0.05) is 6.04 Å². The molecule has 2 unspecified atom stereocenters. The minimum absolute atomic E-state index is 0.501. The van der Waals surface area contributed by atoms with Crippen LogP contribution < -0.4 is 5.32 Å². The van der Waals surface area contributed by atoms with Crippen molar-refractivity contribution in [3.05, 3.63) is 11.4 Å². The summed E-state index contributed by atoms with van der Waals surface area (Å²) >= 11 is 0. The summed E-state index contributed by atoms with van der Waals surface area (Å²) in [7, 11) is 0. The SMILES string of the molecule is Cc1nnc(NC2CCCCCC2C)nc1C. The maximum absolute atomic E-state index is 4.45. The molecular formula is C13H22N4. The fourth-order valence-corrected chi connectivity index (χ4v) is 2.39. The van der Waals surface area contributed by atoms with Crippen LogP contribution in [0.1, 0.15) is 50.4 Å². The first-order chi connectivity index (χ1) is 8.16. The van der Waals surface area contributed by atoms with Crippen LogP contribution in [0.15, 0.2) is 0 Å². The summed E-state index contributed by atoms with van der Waals surface area (Å²) in [5.41, 5.74) is 1.87. The molecule has 0 amide bonds. The average Bonchev–Trinajstić information content (AvgIpc) is 2.50. The van der Waals surface area contributed by atoms with E-state index in [2.05, 4.69) is 27.4 Å². The largest absolute Gasteiger partial charge is 0.350 e. The van der Waals surface area contributed by atoms with Crippen LogP contribution in [0, 0.1) is 19.8 Å². The molecule has 1 aliphatic carbocycles. The minimum Gasteiger partial charge on any atom is -0.350 e. The second-order valence-electron chi connectivity index (χ2n) is 5.17. The van der Waals surface area contributed by atoms with Crippen molar-refractivity contribution in [2.45, 2.75) is 58.9 Å². The van der Waals surface area contributed by atoms with E-state index in [9.17, 15) is 0 Å². The molecule has 4 heteroatoms. The fraction of sp³-hybridized carbons (Fsp3) is 0.769. The zero-order chi connectivity index (χ0) is 12.3. The second-order valence-corrected chi connectivity index (χ2v) is 5.17. The van der Waals surface area contributed by atoms with Gasteiger partial charge < -0.3 is 5.32 Å². The summed E-state index contributed by atoms with van der Waals surface area (Å²) in [6.45, 7) is 6.23. The summed E-state index contributed by atoms with van der Waals surface area (Å²) in [6, 6.07) is 0.501. The van der Waals surface area contributed by atoms with E-state index in [0.29, 0.717) is 17.9 Å². The molecule has 1 saturated carbocycles. The van der Waals surface area contributed by atoms with Gasteiger partial charge in [0.25, 0.3) is 0 Å². The van der Waals surface area contributed by atoms with Crippen molar-refractivity contribution in [3.8, 4) is 0 Å². The molecule has 2 rings (SSSR count). The average molecular weight is 234 g/mol. The standard InChI is InChI=1S/C13H22N4/c1-9-7-5-4-6-8-12(9)15-13-14-10(2)11(3)16-17-13/h9,12H,4-8H2,1-3H3,(H,14,15,17). The van der Waals surface area contributed by atoms with Crippen molar-refractivity contribution < 1.29 is 0 Å². The van der Waals surface area contributed by atoms with Gasteiger partial charge in [0.1, 0.15) is 0 Å². The van der Waals surface area contributed by atoms with Crippen LogP contribution in [0.3, 0.4) is 0 Å². The van der Waals surface area contributed by atoms with Crippen LogP contribution in [0.5, 0.6) is 0 Å². The zero-order valence-electron chi connectivity index (χ0n) is 11.0. The van der Waals surface area contributed by atoms with Gasteiger partial charge in [-0.3, -0.25) is 0 Å². The number of aromatic nitrogens is 3. The zero-order valence-corrected chi connectivity index (χ0v) is 11.0. The van der Waals surface area contributed by atoms with E-state index in [1.165, 1.54) is 32.1 Å². The highest BCUT2D eigenvalue weighted by Gasteiger charge is 2.20. The molecule has 0 aromatic carbocycles. The lowest BCUT2D eigenvalue weighted by Gasteiger charge is -2.22. The van der Waals surface area contributed by atoms with Gasteiger partial charge in [-0.15, -0.1) is 5.10 Å². The highest BCUT2D eigenvalue weighted by atomic mass is 15.2. The Hall–Kier alpha value is -1.19. The van der Waals surface area contributed by atoms with Crippen LogP contribution in [0.4, 0.5) is 5.95 Å². The normalized spacial score (nSPS) is 25.4. The van der Waals surface area contributed by atoms with E-state index in [1.54, 1.807) is 0 Å². The van der Waals surface area contributed by atoms with Gasteiger partial charge in [0.05, 0.1) is 11.4 Å². The third-order valence-electron chi connectivity index (χ3n) is 3.77. The van der Waals surface area contributed by atoms with Gasteiger partial charge >= 0.3 is 0 Å². The van der Waals surface area contributed by atoms with Crippen LogP contribution >= 0.6 is 0 Å². The monoisotopic (exact) mass is 234 g/mol. The Labute approximate surface area is 103 Å². The second kappa shape index (κ2) is 5.43. The number of hydrogen-bond acceptors (Lipinski definition) is 4. The van der Waals surface area contributed by atoms with E-state index in [1.807, 2.05) is 13.8 Å². The molecule has 0 saturated heterocycles. The highest BCUT2D eigenvalue weighted by Crippen LogP contribution is 2.24. The summed E-state index contributed by atoms with van der Waals surface area (Å²) < 4.78 is 0. The predicted octanol–water partition coefficient (Wildman–Crippen LogP) is 2.87. The first-order valence-corrected chi connectivity index (χ1v) is 6.61. The van der Waals surface area contributed by atoms with Crippen molar-refractivity contribution in [2.24, 2.45) is 5.92 Å². The molecule has 0 bridgehead atoms. The van der Waals surface area contributed by atoms with Crippen LogP contribution in [0.2, 0.25) is 0 Å². The van der Waals surface area contributed by atoms with E-state index >= 15 is 0 Å². The lowest BCUT2D eigenvalue weighted by atomic mass is 9.97. The van der Waals surface area contributed by atoms with Gasteiger partial charge in [0.15, 0.2) is 0 Å². The Kier molecular flexibility index (Phi) is 3.92. The predicted molar refractivity (Wildman–Crippen MR) is 69.0 cm³/mol. The van der Waals surface area contributed by atoms with Crippen molar-refractivity contribution in [1.29, 1.82) is 0 Å². The molecule has 1 N–H and O–H groups in total. The Balaban J connectivity index is 2.05. The maximum atomic E-state index is 4.45. The number of nitrogens with zero attached hydrogens (tertiary/aromatic N) is 3. The van der Waals surface area contributed by atoms with Crippen molar-refractivity contribution in [3.63, 3.8) is 0 Å². The van der Waals surface area contributed by atoms with Crippen molar-refractivity contribution >= 4 is 5.95 Å². The Morgan fingerprint density at radius 3 is 2.53 bits per heavy atom. The topological polar surface area (TPSA) is 50.7 Å². The Morgan fingerprint density at radius 1 is 1.00 bits per heavy atom. The molecular weight excluding hydrogens is 212 g/mol. The molecule has 17 heavy (non-hydrogen) atoms. The quantitative estimate of drug-likeness (QED) is 0.799. The molecule has 94 valence electrons. The highest BCUT2D eigenvalue weighted by molar-refractivity contribution is 5.26. The molecule has 2 atom stereocenters. The number of nitrogens with one attached hydrogen (secondary N) is 1. The molecule has 1 aliphatic rings. The lowest BCUT2D eigenvalue weighted by Crippen LogP contribution is -2.27. The van der Waals surface area contributed by atoms with E-state index < -0.39 is 0 Å². The van der Waals surface area contributed by atoms with Crippen LogP contribution in [0.25, 0.3) is 0 Å². The summed E-state index contributed by atoms with van der Waals surface area (Å²) in [6.07, 6.45) is 6.54. The smallest absolute Gasteiger partial charge is 0.243 e. The molecule has 4 nitrogen and oxygen atoms in total. The molecule has 1 fully saturated rings. The summed E-state index contributed by atoms with van der Waals surface area (Å²) in [4.78, 5) is 4.45. The molecule has 0 radical (unpaired) electrons. The van der Waals surface area contributed by atoms with Crippen molar-refractivity contribution in [2.75, 3.05) is 5.32 Å². The van der Waals surface area contributed by atoms with Crippen LogP contribution in [-0.4, -0.2) is 21.2 Å². The number of aryl methyl sites for hydroxylation is 2. The minimum atomic E-state index is 0.501. The molecule has 0 spiro atoms. The van der Waals surface area contributed by atoms with E-state index in [4.69, 9.17) is 0 Å². The first-order valence-electron chi connectivity index (χ1n) is 6.61. The summed E-state index contributed by atoms with van der Waals surface area (Å²) in [5, 5.41) is 11.7. The van der Waals surface area contributed by atoms with E-state index in [0.717, 1.165) is 11.4 Å². The third kappa shape index (κ3) is 3.14. The first kappa shape index (κ1) is 12.3.